The zero-order valence-electron chi connectivity index (χ0n) is 14.0. The van der Waals surface area contributed by atoms with Crippen molar-refractivity contribution < 1.29 is 0 Å². The summed E-state index contributed by atoms with van der Waals surface area (Å²) >= 11 is 2.05. The normalized spacial score (nSPS) is 38.2. The van der Waals surface area contributed by atoms with Crippen LogP contribution in [-0.2, 0) is 0 Å². The van der Waals surface area contributed by atoms with Crippen molar-refractivity contribution in [3.8, 4) is 0 Å². The zero-order chi connectivity index (χ0) is 14.9. The first-order chi connectivity index (χ1) is 10.0. The van der Waals surface area contributed by atoms with Gasteiger partial charge >= 0.3 is 0 Å². The molecule has 2 saturated heterocycles. The number of aliphatic imine (C=N–C) groups is 1. The van der Waals surface area contributed by atoms with E-state index in [1.165, 1.54) is 56.8 Å². The van der Waals surface area contributed by atoms with Gasteiger partial charge in [-0.25, -0.2) is 0 Å². The van der Waals surface area contributed by atoms with Crippen molar-refractivity contribution >= 4 is 16.9 Å². The van der Waals surface area contributed by atoms with E-state index in [0.29, 0.717) is 4.75 Å². The molecule has 0 bridgehead atoms. The second kappa shape index (κ2) is 6.11. The van der Waals surface area contributed by atoms with Crippen LogP contribution < -0.4 is 5.32 Å². The van der Waals surface area contributed by atoms with Crippen LogP contribution in [0.4, 0.5) is 0 Å². The van der Waals surface area contributed by atoms with Crippen molar-refractivity contribution in [1.82, 2.24) is 10.2 Å². The molecule has 1 aliphatic carbocycles. The third-order valence-electron chi connectivity index (χ3n) is 5.80. The van der Waals surface area contributed by atoms with Crippen LogP contribution in [0.3, 0.4) is 0 Å². The van der Waals surface area contributed by atoms with Crippen LogP contribution in [-0.4, -0.2) is 46.5 Å². The van der Waals surface area contributed by atoms with Gasteiger partial charge in [0.25, 0.3) is 0 Å². The van der Waals surface area contributed by atoms with Crippen LogP contribution in [0.25, 0.3) is 0 Å². The van der Waals surface area contributed by atoms with Gasteiger partial charge < -0.3 is 10.2 Å². The van der Waals surface area contributed by atoms with Crippen molar-refractivity contribution in [1.29, 1.82) is 0 Å². The number of hydrogen-bond acceptors (Lipinski definition) is 3. The smallest absolute Gasteiger partial charge is 0.157 e. The summed E-state index contributed by atoms with van der Waals surface area (Å²) in [6.45, 7) is 11.8. The molecule has 1 spiro atoms. The van der Waals surface area contributed by atoms with Crippen LogP contribution in [0.5, 0.6) is 0 Å². The first-order valence-corrected chi connectivity index (χ1v) is 9.56. The zero-order valence-corrected chi connectivity index (χ0v) is 14.8. The van der Waals surface area contributed by atoms with Crippen molar-refractivity contribution in [3.05, 3.63) is 0 Å². The van der Waals surface area contributed by atoms with Crippen LogP contribution >= 0.6 is 11.8 Å². The average Bonchev–Trinajstić information content (AvgIpc) is 3.01. The number of likely N-dealkylation sites (tertiary alicyclic amines) is 1. The van der Waals surface area contributed by atoms with E-state index in [-0.39, 0.29) is 5.54 Å². The molecule has 1 N–H and O–H groups in total. The summed E-state index contributed by atoms with van der Waals surface area (Å²) in [5.74, 6) is 0.906. The van der Waals surface area contributed by atoms with Crippen molar-refractivity contribution in [2.24, 2.45) is 10.9 Å². The van der Waals surface area contributed by atoms with Gasteiger partial charge in [-0.1, -0.05) is 18.7 Å². The summed E-state index contributed by atoms with van der Waals surface area (Å²) in [7, 11) is 0. The second-order valence-corrected chi connectivity index (χ2v) is 9.14. The Bertz CT molecular complexity index is 391. The molecule has 2 heterocycles. The maximum absolute atomic E-state index is 4.88. The maximum Gasteiger partial charge on any atom is 0.157 e. The molecule has 0 aromatic carbocycles. The highest BCUT2D eigenvalue weighted by molar-refractivity contribution is 8.15. The minimum atomic E-state index is 0.185. The number of nitrogens with zero attached hydrogens (tertiary/aromatic N) is 2. The fraction of sp³-hybridized carbons (Fsp3) is 0.941. The Balaban J connectivity index is 1.58. The highest BCUT2D eigenvalue weighted by Gasteiger charge is 2.53. The molecule has 21 heavy (non-hydrogen) atoms. The van der Waals surface area contributed by atoms with Crippen LogP contribution in [0.15, 0.2) is 4.99 Å². The summed E-state index contributed by atoms with van der Waals surface area (Å²) in [6.07, 6.45) is 8.17. The SMILES string of the molecule is CC1CCC2(CC1)SC(=NCCN1CCCC1)NC2(C)C. The average molecular weight is 310 g/mol. The molecule has 3 rings (SSSR count). The highest BCUT2D eigenvalue weighted by atomic mass is 32.2. The lowest BCUT2D eigenvalue weighted by atomic mass is 9.73. The van der Waals surface area contributed by atoms with E-state index in [2.05, 4.69) is 31.0 Å². The van der Waals surface area contributed by atoms with Gasteiger partial charge in [-0.15, -0.1) is 0 Å². The molecular formula is C17H31N3S. The number of hydrogen-bond donors (Lipinski definition) is 1. The molecule has 0 radical (unpaired) electrons. The Morgan fingerprint density at radius 2 is 1.90 bits per heavy atom. The third kappa shape index (κ3) is 3.26. The quantitative estimate of drug-likeness (QED) is 0.864. The van der Waals surface area contributed by atoms with Crippen molar-refractivity contribution in [3.63, 3.8) is 0 Å². The van der Waals surface area contributed by atoms with Crippen LogP contribution in [0, 0.1) is 5.92 Å². The van der Waals surface area contributed by atoms with E-state index in [9.17, 15) is 0 Å². The first kappa shape index (κ1) is 15.7. The molecule has 4 heteroatoms. The van der Waals surface area contributed by atoms with E-state index in [1.54, 1.807) is 0 Å². The van der Waals surface area contributed by atoms with Crippen LogP contribution in [0.2, 0.25) is 0 Å². The molecule has 0 aromatic heterocycles. The number of nitrogens with one attached hydrogen (secondary N) is 1. The molecular weight excluding hydrogens is 278 g/mol. The van der Waals surface area contributed by atoms with Crippen molar-refractivity contribution in [2.45, 2.75) is 69.6 Å². The van der Waals surface area contributed by atoms with E-state index in [0.717, 1.165) is 19.0 Å². The molecule has 3 aliphatic rings. The Morgan fingerprint density at radius 3 is 2.57 bits per heavy atom. The monoisotopic (exact) mass is 309 g/mol. The third-order valence-corrected chi connectivity index (χ3v) is 7.54. The van der Waals surface area contributed by atoms with Crippen LogP contribution in [0.1, 0.15) is 59.3 Å². The van der Waals surface area contributed by atoms with Gasteiger partial charge in [-0.05, 0) is 71.4 Å². The fourth-order valence-electron chi connectivity index (χ4n) is 4.05. The summed E-state index contributed by atoms with van der Waals surface area (Å²) in [6, 6.07) is 0. The Hall–Kier alpha value is -0.220. The molecule has 0 atom stereocenters. The van der Waals surface area contributed by atoms with Gasteiger partial charge in [0.2, 0.25) is 0 Å². The lowest BCUT2D eigenvalue weighted by Gasteiger charge is -2.43. The summed E-state index contributed by atoms with van der Waals surface area (Å²) < 4.78 is 0.381. The van der Waals surface area contributed by atoms with Gasteiger partial charge in [0.1, 0.15) is 0 Å². The number of amidine groups is 1. The Kier molecular flexibility index (Phi) is 4.56. The summed E-state index contributed by atoms with van der Waals surface area (Å²) in [4.78, 5) is 7.43. The predicted octanol–water partition coefficient (Wildman–Crippen LogP) is 3.50. The molecule has 0 unspecified atom stereocenters. The lowest BCUT2D eigenvalue weighted by molar-refractivity contribution is 0.231. The van der Waals surface area contributed by atoms with Gasteiger partial charge in [-0.3, -0.25) is 4.99 Å². The van der Waals surface area contributed by atoms with Gasteiger partial charge in [-0.2, -0.15) is 0 Å². The first-order valence-electron chi connectivity index (χ1n) is 8.75. The second-order valence-electron chi connectivity index (χ2n) is 7.76. The van der Waals surface area contributed by atoms with Gasteiger partial charge in [0.15, 0.2) is 5.17 Å². The minimum absolute atomic E-state index is 0.185. The van der Waals surface area contributed by atoms with E-state index >= 15 is 0 Å². The predicted molar refractivity (Wildman–Crippen MR) is 93.1 cm³/mol. The molecule has 2 aliphatic heterocycles. The van der Waals surface area contributed by atoms with E-state index < -0.39 is 0 Å². The van der Waals surface area contributed by atoms with Gasteiger partial charge in [0.05, 0.1) is 6.54 Å². The molecule has 3 nitrogen and oxygen atoms in total. The summed E-state index contributed by atoms with van der Waals surface area (Å²) in [5.41, 5.74) is 0.185. The van der Waals surface area contributed by atoms with Crippen molar-refractivity contribution in [2.75, 3.05) is 26.2 Å². The highest BCUT2D eigenvalue weighted by Crippen LogP contribution is 2.52. The molecule has 0 aromatic rings. The number of rotatable bonds is 3. The topological polar surface area (TPSA) is 27.6 Å². The number of thioether (sulfide) groups is 1. The van der Waals surface area contributed by atoms with E-state index in [4.69, 9.17) is 4.99 Å². The maximum atomic E-state index is 4.88. The molecule has 3 fully saturated rings. The van der Waals surface area contributed by atoms with Gasteiger partial charge in [0, 0.05) is 16.8 Å². The lowest BCUT2D eigenvalue weighted by Crippen LogP contribution is -2.52. The standard InChI is InChI=1S/C17H31N3S/c1-14-6-8-17(9-7-14)16(2,3)19-15(21-17)18-10-13-20-11-4-5-12-20/h14H,4-13H2,1-3H3,(H,18,19). The molecule has 0 amide bonds. The minimum Gasteiger partial charge on any atom is -0.359 e. The molecule has 120 valence electrons. The Labute approximate surface area is 134 Å². The largest absolute Gasteiger partial charge is 0.359 e. The summed E-state index contributed by atoms with van der Waals surface area (Å²) in [5, 5.41) is 4.93. The fourth-order valence-corrected chi connectivity index (χ4v) is 5.62. The molecule has 1 saturated carbocycles. The Morgan fingerprint density at radius 1 is 1.24 bits per heavy atom. The van der Waals surface area contributed by atoms with E-state index in [1.807, 2.05) is 11.8 Å².